The van der Waals surface area contributed by atoms with Crippen molar-refractivity contribution in [3.63, 3.8) is 0 Å². The number of hydrogen-bond donors (Lipinski definition) is 2. The highest BCUT2D eigenvalue weighted by Gasteiger charge is 2.47. The van der Waals surface area contributed by atoms with Crippen LogP contribution in [0.3, 0.4) is 0 Å². The first-order valence-electron chi connectivity index (χ1n) is 6.90. The number of amides is 1. The highest BCUT2D eigenvalue weighted by molar-refractivity contribution is 5.89. The van der Waals surface area contributed by atoms with Gasteiger partial charge in [0.1, 0.15) is 0 Å². The second kappa shape index (κ2) is 6.17. The third-order valence-electron chi connectivity index (χ3n) is 4.92. The standard InChI is InChI=1S/C13H23N3O.2ClH/c1-16-10-3-2-4-11(16)8-9(7-10)15-12(17)13(14)5-6-13;;/h9-11H,2-8,14H2,1H3,(H,15,17);2*1H. The van der Waals surface area contributed by atoms with Crippen LogP contribution in [0, 0.1) is 0 Å². The average Bonchev–Trinajstić information content (AvgIpc) is 2.99. The Labute approximate surface area is 127 Å². The first kappa shape index (κ1) is 17.0. The van der Waals surface area contributed by atoms with E-state index in [9.17, 15) is 4.79 Å². The summed E-state index contributed by atoms with van der Waals surface area (Å²) in [4.78, 5) is 14.5. The van der Waals surface area contributed by atoms with Gasteiger partial charge in [0, 0.05) is 18.1 Å². The van der Waals surface area contributed by atoms with Gasteiger partial charge in [0.15, 0.2) is 0 Å². The van der Waals surface area contributed by atoms with Gasteiger partial charge in [0.25, 0.3) is 0 Å². The smallest absolute Gasteiger partial charge is 0.240 e. The van der Waals surface area contributed by atoms with Crippen molar-refractivity contribution < 1.29 is 4.79 Å². The van der Waals surface area contributed by atoms with Gasteiger partial charge in [-0.05, 0) is 45.6 Å². The van der Waals surface area contributed by atoms with Crippen molar-refractivity contribution >= 4 is 30.7 Å². The van der Waals surface area contributed by atoms with Crippen molar-refractivity contribution in [2.75, 3.05) is 7.05 Å². The van der Waals surface area contributed by atoms with E-state index >= 15 is 0 Å². The van der Waals surface area contributed by atoms with Crippen LogP contribution >= 0.6 is 24.8 Å². The summed E-state index contributed by atoms with van der Waals surface area (Å²) in [5.41, 5.74) is 5.41. The molecule has 112 valence electrons. The second-order valence-corrected chi connectivity index (χ2v) is 6.20. The largest absolute Gasteiger partial charge is 0.352 e. The van der Waals surface area contributed by atoms with Crippen LogP contribution in [0.5, 0.6) is 0 Å². The molecule has 0 spiro atoms. The van der Waals surface area contributed by atoms with Crippen molar-refractivity contribution in [2.45, 2.75) is 68.6 Å². The van der Waals surface area contributed by atoms with Crippen LogP contribution in [0.15, 0.2) is 0 Å². The summed E-state index contributed by atoms with van der Waals surface area (Å²) in [5, 5.41) is 3.18. The van der Waals surface area contributed by atoms with Crippen molar-refractivity contribution in [1.82, 2.24) is 10.2 Å². The quantitative estimate of drug-likeness (QED) is 0.812. The summed E-state index contributed by atoms with van der Waals surface area (Å²) < 4.78 is 0. The third kappa shape index (κ3) is 3.35. The predicted molar refractivity (Wildman–Crippen MR) is 81.0 cm³/mol. The number of piperidine rings is 2. The van der Waals surface area contributed by atoms with Crippen LogP contribution in [0.4, 0.5) is 0 Å². The van der Waals surface area contributed by atoms with Crippen LogP contribution in [0.1, 0.15) is 44.9 Å². The molecule has 2 bridgehead atoms. The van der Waals surface area contributed by atoms with Gasteiger partial charge in [-0.2, -0.15) is 0 Å². The summed E-state index contributed by atoms with van der Waals surface area (Å²) in [6.07, 6.45) is 7.85. The van der Waals surface area contributed by atoms with Crippen LogP contribution < -0.4 is 11.1 Å². The molecule has 0 aromatic heterocycles. The van der Waals surface area contributed by atoms with Gasteiger partial charge in [-0.25, -0.2) is 0 Å². The average molecular weight is 310 g/mol. The van der Waals surface area contributed by atoms with Gasteiger partial charge in [-0.15, -0.1) is 24.8 Å². The maximum absolute atomic E-state index is 11.9. The van der Waals surface area contributed by atoms with Gasteiger partial charge in [-0.3, -0.25) is 4.79 Å². The molecule has 1 aliphatic carbocycles. The highest BCUT2D eigenvalue weighted by atomic mass is 35.5. The lowest BCUT2D eigenvalue weighted by Gasteiger charge is -2.47. The first-order chi connectivity index (χ1) is 8.08. The van der Waals surface area contributed by atoms with Crippen molar-refractivity contribution in [1.29, 1.82) is 0 Å². The molecule has 2 unspecified atom stereocenters. The fourth-order valence-corrected chi connectivity index (χ4v) is 3.42. The molecule has 2 aliphatic heterocycles. The highest BCUT2D eigenvalue weighted by Crippen LogP contribution is 2.35. The lowest BCUT2D eigenvalue weighted by molar-refractivity contribution is -0.124. The van der Waals surface area contributed by atoms with Crippen molar-refractivity contribution in [3.8, 4) is 0 Å². The zero-order chi connectivity index (χ0) is 12.0. The molecule has 3 rings (SSSR count). The van der Waals surface area contributed by atoms with Gasteiger partial charge in [0.05, 0.1) is 5.54 Å². The Bertz CT molecular complexity index is 322. The molecule has 2 atom stereocenters. The summed E-state index contributed by atoms with van der Waals surface area (Å²) in [6.45, 7) is 0. The Morgan fingerprint density at radius 2 is 1.74 bits per heavy atom. The van der Waals surface area contributed by atoms with E-state index in [-0.39, 0.29) is 30.7 Å². The second-order valence-electron chi connectivity index (χ2n) is 6.20. The van der Waals surface area contributed by atoms with E-state index in [0.717, 1.165) is 25.7 Å². The fraction of sp³-hybridized carbons (Fsp3) is 0.923. The molecule has 1 amide bonds. The van der Waals surface area contributed by atoms with E-state index in [1.807, 2.05) is 0 Å². The number of nitrogens with zero attached hydrogens (tertiary/aromatic N) is 1. The van der Waals surface area contributed by atoms with E-state index in [2.05, 4.69) is 17.3 Å². The minimum absolute atomic E-state index is 0. The van der Waals surface area contributed by atoms with Crippen LogP contribution in [-0.2, 0) is 4.79 Å². The molecular formula is C13H25Cl2N3O. The molecule has 1 saturated carbocycles. The molecule has 0 aromatic carbocycles. The zero-order valence-corrected chi connectivity index (χ0v) is 13.1. The van der Waals surface area contributed by atoms with E-state index in [0.29, 0.717) is 18.1 Å². The van der Waals surface area contributed by atoms with E-state index < -0.39 is 5.54 Å². The maximum atomic E-state index is 11.9. The SMILES string of the molecule is CN1C2CCCC1CC(NC(=O)C1(N)CC1)C2.Cl.Cl. The fourth-order valence-electron chi connectivity index (χ4n) is 3.42. The maximum Gasteiger partial charge on any atom is 0.240 e. The molecule has 2 heterocycles. The number of nitrogens with one attached hydrogen (secondary N) is 1. The first-order valence-corrected chi connectivity index (χ1v) is 6.90. The number of halogens is 2. The number of rotatable bonds is 2. The van der Waals surface area contributed by atoms with Crippen LogP contribution in [0.2, 0.25) is 0 Å². The number of fused-ring (bicyclic) bond motifs is 2. The molecule has 0 radical (unpaired) electrons. The van der Waals surface area contributed by atoms with Crippen molar-refractivity contribution in [3.05, 3.63) is 0 Å². The lowest BCUT2D eigenvalue weighted by atomic mass is 9.82. The van der Waals surface area contributed by atoms with Gasteiger partial charge < -0.3 is 16.0 Å². The summed E-state index contributed by atoms with van der Waals surface area (Å²) in [7, 11) is 2.23. The Morgan fingerprint density at radius 3 is 2.21 bits per heavy atom. The van der Waals surface area contributed by atoms with Crippen molar-refractivity contribution in [2.24, 2.45) is 5.73 Å². The van der Waals surface area contributed by atoms with Gasteiger partial charge in [0.2, 0.25) is 5.91 Å². The lowest BCUT2D eigenvalue weighted by Crippen LogP contribution is -2.57. The Hall–Kier alpha value is -0.0300. The molecule has 0 aromatic rings. The van der Waals surface area contributed by atoms with E-state index in [1.165, 1.54) is 19.3 Å². The minimum Gasteiger partial charge on any atom is -0.352 e. The molecule has 3 N–H and O–H groups in total. The summed E-state index contributed by atoms with van der Waals surface area (Å²) >= 11 is 0. The van der Waals surface area contributed by atoms with Crippen LogP contribution in [-0.4, -0.2) is 41.5 Å². The monoisotopic (exact) mass is 309 g/mol. The topological polar surface area (TPSA) is 58.4 Å². The Kier molecular flexibility index (Phi) is 5.52. The number of carbonyl (C=O) groups excluding carboxylic acids is 1. The molecular weight excluding hydrogens is 285 g/mol. The molecule has 2 saturated heterocycles. The number of carbonyl (C=O) groups is 1. The molecule has 3 fully saturated rings. The van der Waals surface area contributed by atoms with Crippen LogP contribution in [0.25, 0.3) is 0 Å². The number of hydrogen-bond acceptors (Lipinski definition) is 3. The Balaban J connectivity index is 0.000000902. The minimum atomic E-state index is -0.515. The van der Waals surface area contributed by atoms with Gasteiger partial charge >= 0.3 is 0 Å². The molecule has 6 heteroatoms. The summed E-state index contributed by atoms with van der Waals surface area (Å²) in [6, 6.07) is 1.69. The third-order valence-corrected chi connectivity index (χ3v) is 4.92. The van der Waals surface area contributed by atoms with Gasteiger partial charge in [-0.1, -0.05) is 6.42 Å². The number of nitrogens with two attached hydrogens (primary N) is 1. The summed E-state index contributed by atoms with van der Waals surface area (Å²) in [5.74, 6) is 0.0881. The Morgan fingerprint density at radius 1 is 1.21 bits per heavy atom. The molecule has 4 nitrogen and oxygen atoms in total. The normalized spacial score (nSPS) is 35.6. The zero-order valence-electron chi connectivity index (χ0n) is 11.4. The molecule has 3 aliphatic rings. The van der Waals surface area contributed by atoms with E-state index in [1.54, 1.807) is 0 Å². The predicted octanol–water partition coefficient (Wildman–Crippen LogP) is 1.45. The molecule has 19 heavy (non-hydrogen) atoms. The van der Waals surface area contributed by atoms with E-state index in [4.69, 9.17) is 5.73 Å².